The molecule has 1 N–H and O–H groups in total. The maximum atomic E-state index is 11.7. The van der Waals surface area contributed by atoms with Crippen LogP contribution in [-0.4, -0.2) is 23.6 Å². The number of rotatable bonds is 4. The number of amides is 1. The van der Waals surface area contributed by atoms with Gasteiger partial charge >= 0.3 is 0 Å². The Labute approximate surface area is 112 Å². The predicted octanol–water partition coefficient (Wildman–Crippen LogP) is 3.05. The lowest BCUT2D eigenvalue weighted by Crippen LogP contribution is -2.24. The van der Waals surface area contributed by atoms with Crippen LogP contribution in [0.4, 0.5) is 5.13 Å². The Morgan fingerprint density at radius 3 is 2.72 bits per heavy atom. The van der Waals surface area contributed by atoms with Crippen molar-refractivity contribution < 1.29 is 9.53 Å². The number of anilines is 1. The smallest absolute Gasteiger partial charge is 0.252 e. The number of thiazole rings is 1. The van der Waals surface area contributed by atoms with E-state index in [0.717, 1.165) is 23.4 Å². The number of carbonyl (C=O) groups excluding carboxylic acids is 1. The van der Waals surface area contributed by atoms with Gasteiger partial charge in [-0.3, -0.25) is 10.1 Å². The van der Waals surface area contributed by atoms with Crippen LogP contribution in [0.15, 0.2) is 0 Å². The third-order valence-corrected chi connectivity index (χ3v) is 4.27. The summed E-state index contributed by atoms with van der Waals surface area (Å²) in [6.45, 7) is 4.09. The summed E-state index contributed by atoms with van der Waals surface area (Å²) in [6.07, 6.45) is 6.17. The zero-order valence-electron chi connectivity index (χ0n) is 11.0. The van der Waals surface area contributed by atoms with E-state index in [9.17, 15) is 4.79 Å². The third-order valence-electron chi connectivity index (χ3n) is 3.28. The summed E-state index contributed by atoms with van der Waals surface area (Å²) in [5, 5.41) is 3.46. The molecule has 100 valence electrons. The van der Waals surface area contributed by atoms with E-state index in [1.165, 1.54) is 30.6 Å². The molecule has 0 bridgehead atoms. The molecule has 18 heavy (non-hydrogen) atoms. The van der Waals surface area contributed by atoms with Gasteiger partial charge in [0.15, 0.2) is 5.13 Å². The lowest BCUT2D eigenvalue weighted by molar-refractivity contribution is -0.123. The van der Waals surface area contributed by atoms with Crippen molar-refractivity contribution >= 4 is 22.4 Å². The first-order valence-electron chi connectivity index (χ1n) is 6.50. The number of aryl methyl sites for hydroxylation is 2. The van der Waals surface area contributed by atoms with Crippen molar-refractivity contribution in [1.29, 1.82) is 0 Å². The molecule has 1 aliphatic rings. The van der Waals surface area contributed by atoms with Crippen molar-refractivity contribution in [2.75, 3.05) is 11.9 Å². The molecule has 0 saturated heterocycles. The molecule has 0 unspecified atom stereocenters. The minimum absolute atomic E-state index is 0.102. The summed E-state index contributed by atoms with van der Waals surface area (Å²) >= 11 is 1.51. The highest BCUT2D eigenvalue weighted by Gasteiger charge is 2.15. The summed E-state index contributed by atoms with van der Waals surface area (Å²) in [6, 6.07) is 0. The standard InChI is InChI=1S/C13H20N2O2S/c1-9-10(2)18-13(14-9)15-12(16)8-17-11-6-4-3-5-7-11/h11H,3-8H2,1-2H3,(H,14,15,16). The Kier molecular flexibility index (Phi) is 4.72. The zero-order chi connectivity index (χ0) is 13.0. The maximum absolute atomic E-state index is 11.7. The van der Waals surface area contributed by atoms with E-state index < -0.39 is 0 Å². The van der Waals surface area contributed by atoms with Crippen molar-refractivity contribution in [2.45, 2.75) is 52.1 Å². The number of hydrogen-bond acceptors (Lipinski definition) is 4. The quantitative estimate of drug-likeness (QED) is 0.913. The fourth-order valence-corrected chi connectivity index (χ4v) is 2.94. The number of nitrogens with one attached hydrogen (secondary N) is 1. The molecule has 5 heteroatoms. The zero-order valence-corrected chi connectivity index (χ0v) is 11.8. The summed E-state index contributed by atoms with van der Waals surface area (Å²) in [5.41, 5.74) is 0.975. The van der Waals surface area contributed by atoms with Gasteiger partial charge in [-0.25, -0.2) is 4.98 Å². The van der Waals surface area contributed by atoms with Gasteiger partial charge in [0, 0.05) is 4.88 Å². The fourth-order valence-electron chi connectivity index (χ4n) is 2.11. The third kappa shape index (κ3) is 3.78. The summed E-state index contributed by atoms with van der Waals surface area (Å²) in [4.78, 5) is 17.1. The average molecular weight is 268 g/mol. The highest BCUT2D eigenvalue weighted by Crippen LogP contribution is 2.22. The number of nitrogens with zero attached hydrogens (tertiary/aromatic N) is 1. The first-order valence-corrected chi connectivity index (χ1v) is 7.32. The van der Waals surface area contributed by atoms with Crippen LogP contribution in [0.25, 0.3) is 0 Å². The Morgan fingerprint density at radius 2 is 2.11 bits per heavy atom. The highest BCUT2D eigenvalue weighted by molar-refractivity contribution is 7.15. The molecule has 1 heterocycles. The van der Waals surface area contributed by atoms with Gasteiger partial charge in [-0.15, -0.1) is 11.3 Å². The van der Waals surface area contributed by atoms with Crippen LogP contribution >= 0.6 is 11.3 Å². The Bertz CT molecular complexity index is 392. The largest absolute Gasteiger partial charge is 0.368 e. The van der Waals surface area contributed by atoms with E-state index in [-0.39, 0.29) is 18.6 Å². The van der Waals surface area contributed by atoms with Gasteiger partial charge in [-0.2, -0.15) is 0 Å². The summed E-state index contributed by atoms with van der Waals surface area (Å²) < 4.78 is 5.62. The van der Waals surface area contributed by atoms with Crippen molar-refractivity contribution in [3.8, 4) is 0 Å². The predicted molar refractivity (Wildman–Crippen MR) is 73.0 cm³/mol. The molecule has 1 aliphatic carbocycles. The second-order valence-corrected chi connectivity index (χ2v) is 5.98. The molecule has 1 aromatic rings. The van der Waals surface area contributed by atoms with Crippen LogP contribution in [0, 0.1) is 13.8 Å². The van der Waals surface area contributed by atoms with E-state index in [1.807, 2.05) is 13.8 Å². The van der Waals surface area contributed by atoms with Crippen molar-refractivity contribution in [3.05, 3.63) is 10.6 Å². The van der Waals surface area contributed by atoms with Crippen LogP contribution in [0.5, 0.6) is 0 Å². The van der Waals surface area contributed by atoms with E-state index >= 15 is 0 Å². The van der Waals surface area contributed by atoms with E-state index in [0.29, 0.717) is 5.13 Å². The Balaban J connectivity index is 1.74. The fraction of sp³-hybridized carbons (Fsp3) is 0.692. The van der Waals surface area contributed by atoms with Crippen molar-refractivity contribution in [2.24, 2.45) is 0 Å². The van der Waals surface area contributed by atoms with E-state index in [2.05, 4.69) is 10.3 Å². The molecule has 0 aromatic carbocycles. The molecule has 0 spiro atoms. The monoisotopic (exact) mass is 268 g/mol. The minimum atomic E-state index is -0.102. The highest BCUT2D eigenvalue weighted by atomic mass is 32.1. The molecule has 2 rings (SSSR count). The van der Waals surface area contributed by atoms with E-state index in [1.54, 1.807) is 0 Å². The minimum Gasteiger partial charge on any atom is -0.368 e. The number of hydrogen-bond donors (Lipinski definition) is 1. The average Bonchev–Trinajstić information content (AvgIpc) is 2.67. The molecular formula is C13H20N2O2S. The lowest BCUT2D eigenvalue weighted by atomic mass is 9.98. The first kappa shape index (κ1) is 13.5. The molecule has 0 atom stereocenters. The van der Waals surface area contributed by atoms with Crippen LogP contribution in [0.3, 0.4) is 0 Å². The molecular weight excluding hydrogens is 248 g/mol. The van der Waals surface area contributed by atoms with Gasteiger partial charge in [-0.05, 0) is 26.7 Å². The van der Waals surface area contributed by atoms with Crippen LogP contribution in [0.1, 0.15) is 42.7 Å². The van der Waals surface area contributed by atoms with Gasteiger partial charge in [0.2, 0.25) is 0 Å². The SMILES string of the molecule is Cc1nc(NC(=O)COC2CCCCC2)sc1C. The molecule has 1 amide bonds. The van der Waals surface area contributed by atoms with Gasteiger partial charge in [-0.1, -0.05) is 19.3 Å². The van der Waals surface area contributed by atoms with Gasteiger partial charge in [0.25, 0.3) is 5.91 Å². The topological polar surface area (TPSA) is 51.2 Å². The molecule has 1 fully saturated rings. The van der Waals surface area contributed by atoms with Crippen LogP contribution in [-0.2, 0) is 9.53 Å². The van der Waals surface area contributed by atoms with Crippen molar-refractivity contribution in [1.82, 2.24) is 4.98 Å². The Morgan fingerprint density at radius 1 is 1.39 bits per heavy atom. The molecule has 0 radical (unpaired) electrons. The number of ether oxygens (including phenoxy) is 1. The Hall–Kier alpha value is -0.940. The molecule has 4 nitrogen and oxygen atoms in total. The normalized spacial score (nSPS) is 16.8. The maximum Gasteiger partial charge on any atom is 0.252 e. The summed E-state index contributed by atoms with van der Waals surface area (Å²) in [7, 11) is 0. The molecule has 0 aliphatic heterocycles. The second kappa shape index (κ2) is 6.29. The molecule has 1 saturated carbocycles. The molecule has 1 aromatic heterocycles. The first-order chi connectivity index (χ1) is 8.65. The van der Waals surface area contributed by atoms with Crippen LogP contribution < -0.4 is 5.32 Å². The number of carbonyl (C=O) groups is 1. The van der Waals surface area contributed by atoms with Gasteiger partial charge in [0.05, 0.1) is 11.8 Å². The summed E-state index contributed by atoms with van der Waals surface area (Å²) in [5.74, 6) is -0.102. The lowest BCUT2D eigenvalue weighted by Gasteiger charge is -2.21. The second-order valence-electron chi connectivity index (χ2n) is 4.78. The van der Waals surface area contributed by atoms with E-state index in [4.69, 9.17) is 4.74 Å². The van der Waals surface area contributed by atoms with Gasteiger partial charge < -0.3 is 4.74 Å². The number of aromatic nitrogens is 1. The van der Waals surface area contributed by atoms with Crippen molar-refractivity contribution in [3.63, 3.8) is 0 Å². The van der Waals surface area contributed by atoms with Gasteiger partial charge in [0.1, 0.15) is 6.61 Å². The van der Waals surface area contributed by atoms with Crippen LogP contribution in [0.2, 0.25) is 0 Å².